The molecule has 0 aromatic heterocycles. The predicted octanol–water partition coefficient (Wildman–Crippen LogP) is 0.937. The summed E-state index contributed by atoms with van der Waals surface area (Å²) < 4.78 is 29.3. The highest BCUT2D eigenvalue weighted by atomic mass is 32.2. The second kappa shape index (κ2) is 6.47. The van der Waals surface area contributed by atoms with Gasteiger partial charge in [-0.1, -0.05) is 4.47 Å². The van der Waals surface area contributed by atoms with E-state index in [1.165, 1.54) is 45.3 Å². The van der Waals surface area contributed by atoms with Gasteiger partial charge in [-0.25, -0.2) is 13.2 Å². The van der Waals surface area contributed by atoms with Crippen LogP contribution in [0.2, 0.25) is 0 Å². The molecule has 0 radical (unpaired) electrons. The molecular formula is C12H14N2O5S. The van der Waals surface area contributed by atoms with Crippen molar-refractivity contribution in [2.75, 3.05) is 14.2 Å². The largest absolute Gasteiger partial charge is 0.444 e. The predicted molar refractivity (Wildman–Crippen MR) is 68.9 cm³/mol. The molecular weight excluding hydrogens is 284 g/mol. The Morgan fingerprint density at radius 2 is 1.90 bits per heavy atom. The summed E-state index contributed by atoms with van der Waals surface area (Å²) in [5.41, 5.74) is 0.158. The third-order valence-corrected chi connectivity index (χ3v) is 4.14. The van der Waals surface area contributed by atoms with Gasteiger partial charge in [0.1, 0.15) is 6.07 Å². The molecule has 1 rings (SSSR count). The van der Waals surface area contributed by atoms with Crippen molar-refractivity contribution in [2.24, 2.45) is 0 Å². The summed E-state index contributed by atoms with van der Waals surface area (Å²) in [7, 11) is -1.27. The molecule has 0 aliphatic rings. The van der Waals surface area contributed by atoms with E-state index in [1.807, 2.05) is 0 Å². The van der Waals surface area contributed by atoms with E-state index in [4.69, 9.17) is 10.00 Å². The molecule has 0 spiro atoms. The maximum Gasteiger partial charge on any atom is 0.339 e. The van der Waals surface area contributed by atoms with E-state index < -0.39 is 22.1 Å². The number of esters is 1. The van der Waals surface area contributed by atoms with Gasteiger partial charge < -0.3 is 4.74 Å². The number of sulfonamides is 1. The lowest BCUT2D eigenvalue weighted by Crippen LogP contribution is -2.25. The van der Waals surface area contributed by atoms with Gasteiger partial charge in [0.05, 0.1) is 17.6 Å². The maximum absolute atomic E-state index is 11.9. The highest BCUT2D eigenvalue weighted by Gasteiger charge is 2.21. The lowest BCUT2D eigenvalue weighted by molar-refractivity contribution is -0.0258. The second-order valence-electron chi connectivity index (χ2n) is 3.80. The average molecular weight is 298 g/mol. The SMILES string of the molecule is CON(C)S(=O)(=O)c1ccc(C(=O)O[C@@H](C)C#N)cc1. The number of nitrogens with zero attached hydrogens (tertiary/aromatic N) is 2. The molecule has 0 bridgehead atoms. The molecule has 0 aliphatic carbocycles. The van der Waals surface area contributed by atoms with Crippen LogP contribution >= 0.6 is 0 Å². The summed E-state index contributed by atoms with van der Waals surface area (Å²) >= 11 is 0. The summed E-state index contributed by atoms with van der Waals surface area (Å²) in [6, 6.07) is 6.90. The number of ether oxygens (including phenoxy) is 1. The molecule has 0 unspecified atom stereocenters. The van der Waals surface area contributed by atoms with Gasteiger partial charge in [-0.3, -0.25) is 4.84 Å². The van der Waals surface area contributed by atoms with Crippen LogP contribution in [0.3, 0.4) is 0 Å². The van der Waals surface area contributed by atoms with Crippen LogP contribution in [0.5, 0.6) is 0 Å². The van der Waals surface area contributed by atoms with Crippen LogP contribution in [0.25, 0.3) is 0 Å². The zero-order valence-electron chi connectivity index (χ0n) is 11.2. The number of carbonyl (C=O) groups excluding carboxylic acids is 1. The fourth-order valence-electron chi connectivity index (χ4n) is 1.26. The number of hydrogen-bond acceptors (Lipinski definition) is 6. The molecule has 7 nitrogen and oxygen atoms in total. The van der Waals surface area contributed by atoms with E-state index in [1.54, 1.807) is 6.07 Å². The monoisotopic (exact) mass is 298 g/mol. The first-order chi connectivity index (χ1) is 9.32. The number of rotatable bonds is 5. The van der Waals surface area contributed by atoms with Gasteiger partial charge in [0.25, 0.3) is 10.0 Å². The zero-order valence-corrected chi connectivity index (χ0v) is 12.0. The molecule has 0 heterocycles. The highest BCUT2D eigenvalue weighted by Crippen LogP contribution is 2.15. The normalized spacial score (nSPS) is 12.8. The van der Waals surface area contributed by atoms with Crippen LogP contribution in [0, 0.1) is 11.3 Å². The van der Waals surface area contributed by atoms with Gasteiger partial charge in [-0.05, 0) is 31.2 Å². The zero-order chi connectivity index (χ0) is 15.3. The van der Waals surface area contributed by atoms with Crippen molar-refractivity contribution in [3.63, 3.8) is 0 Å². The Kier molecular flexibility index (Phi) is 5.21. The summed E-state index contributed by atoms with van der Waals surface area (Å²) in [6.45, 7) is 1.43. The van der Waals surface area contributed by atoms with E-state index in [9.17, 15) is 13.2 Å². The Labute approximate surface area is 117 Å². The van der Waals surface area contributed by atoms with Gasteiger partial charge in [-0.2, -0.15) is 5.26 Å². The van der Waals surface area contributed by atoms with Crippen LogP contribution in [-0.2, 0) is 19.6 Å². The minimum Gasteiger partial charge on any atom is -0.444 e. The molecule has 1 aromatic rings. The first-order valence-electron chi connectivity index (χ1n) is 5.56. The average Bonchev–Trinajstić information content (AvgIpc) is 2.46. The molecule has 0 fully saturated rings. The van der Waals surface area contributed by atoms with E-state index in [0.29, 0.717) is 4.47 Å². The minimum atomic E-state index is -3.75. The van der Waals surface area contributed by atoms with Crippen molar-refractivity contribution < 1.29 is 22.8 Å². The Bertz CT molecular complexity index is 618. The van der Waals surface area contributed by atoms with E-state index in [2.05, 4.69) is 4.84 Å². The van der Waals surface area contributed by atoms with Gasteiger partial charge in [0.15, 0.2) is 6.10 Å². The number of nitriles is 1. The van der Waals surface area contributed by atoms with Crippen LogP contribution in [-0.4, -0.2) is 39.1 Å². The third-order valence-electron chi connectivity index (χ3n) is 2.45. The molecule has 0 aliphatic heterocycles. The number of carbonyl (C=O) groups is 1. The number of hydroxylamine groups is 1. The fourth-order valence-corrected chi connectivity index (χ4v) is 2.24. The van der Waals surface area contributed by atoms with Crippen molar-refractivity contribution in [3.8, 4) is 6.07 Å². The van der Waals surface area contributed by atoms with Gasteiger partial charge in [0.2, 0.25) is 0 Å². The number of hydrogen-bond donors (Lipinski definition) is 0. The highest BCUT2D eigenvalue weighted by molar-refractivity contribution is 7.89. The van der Waals surface area contributed by atoms with E-state index in [-0.39, 0.29) is 10.5 Å². The summed E-state index contributed by atoms with van der Waals surface area (Å²) in [6.07, 6.45) is -0.870. The molecule has 20 heavy (non-hydrogen) atoms. The smallest absolute Gasteiger partial charge is 0.339 e. The standard InChI is InChI=1S/C12H14N2O5S/c1-9(8-13)19-12(15)10-4-6-11(7-5-10)20(16,17)14(2)18-3/h4-7,9H,1-3H3/t9-/m0/s1. The molecule has 1 aromatic carbocycles. The molecule has 0 saturated carbocycles. The summed E-state index contributed by atoms with van der Waals surface area (Å²) in [5.74, 6) is -0.692. The molecule has 0 saturated heterocycles. The summed E-state index contributed by atoms with van der Waals surface area (Å²) in [5, 5.41) is 8.54. The Balaban J connectivity index is 2.96. The molecule has 108 valence electrons. The van der Waals surface area contributed by atoms with Gasteiger partial charge in [0, 0.05) is 7.05 Å². The van der Waals surface area contributed by atoms with Gasteiger partial charge in [-0.15, -0.1) is 0 Å². The van der Waals surface area contributed by atoms with Crippen molar-refractivity contribution in [1.82, 2.24) is 4.47 Å². The van der Waals surface area contributed by atoms with Crippen molar-refractivity contribution in [3.05, 3.63) is 29.8 Å². The molecule has 1 atom stereocenters. The Morgan fingerprint density at radius 3 is 2.35 bits per heavy atom. The maximum atomic E-state index is 11.9. The first kappa shape index (κ1) is 16.1. The molecule has 0 amide bonds. The molecule has 0 N–H and O–H groups in total. The topological polar surface area (TPSA) is 96.7 Å². The van der Waals surface area contributed by atoms with E-state index >= 15 is 0 Å². The van der Waals surface area contributed by atoms with Crippen molar-refractivity contribution >= 4 is 16.0 Å². The van der Waals surface area contributed by atoms with Crippen LogP contribution in [0.4, 0.5) is 0 Å². The van der Waals surface area contributed by atoms with Crippen LogP contribution in [0.1, 0.15) is 17.3 Å². The Morgan fingerprint density at radius 1 is 1.35 bits per heavy atom. The second-order valence-corrected chi connectivity index (χ2v) is 5.73. The van der Waals surface area contributed by atoms with Crippen molar-refractivity contribution in [1.29, 1.82) is 5.26 Å². The lowest BCUT2D eigenvalue weighted by atomic mass is 10.2. The fraction of sp³-hybridized carbons (Fsp3) is 0.333. The molecule has 8 heteroatoms. The minimum absolute atomic E-state index is 0.0215. The van der Waals surface area contributed by atoms with Crippen molar-refractivity contribution in [2.45, 2.75) is 17.9 Å². The Hall–Kier alpha value is -1.95. The number of benzene rings is 1. The third kappa shape index (κ3) is 3.54. The van der Waals surface area contributed by atoms with Gasteiger partial charge >= 0.3 is 5.97 Å². The first-order valence-corrected chi connectivity index (χ1v) is 7.00. The van der Waals surface area contributed by atoms with Crippen LogP contribution in [0.15, 0.2) is 29.2 Å². The van der Waals surface area contributed by atoms with Crippen LogP contribution < -0.4 is 0 Å². The summed E-state index contributed by atoms with van der Waals surface area (Å²) in [4.78, 5) is 16.2. The lowest BCUT2D eigenvalue weighted by Gasteiger charge is -2.14. The quantitative estimate of drug-likeness (QED) is 0.593. The van der Waals surface area contributed by atoms with E-state index in [0.717, 1.165) is 0 Å².